The van der Waals surface area contributed by atoms with Crippen LogP contribution in [0.25, 0.3) is 16.9 Å². The summed E-state index contributed by atoms with van der Waals surface area (Å²) in [7, 11) is 0. The molecule has 4 aromatic rings. The van der Waals surface area contributed by atoms with E-state index in [0.29, 0.717) is 23.7 Å². The number of benzene rings is 2. The van der Waals surface area contributed by atoms with Crippen LogP contribution in [0.15, 0.2) is 73.1 Å². The van der Waals surface area contributed by atoms with Crippen molar-refractivity contribution in [3.05, 3.63) is 78.6 Å². The van der Waals surface area contributed by atoms with E-state index >= 15 is 0 Å². The Morgan fingerprint density at radius 1 is 1.07 bits per heavy atom. The van der Waals surface area contributed by atoms with E-state index in [2.05, 4.69) is 15.6 Å². The summed E-state index contributed by atoms with van der Waals surface area (Å²) >= 11 is 0. The zero-order valence-electron chi connectivity index (χ0n) is 16.3. The van der Waals surface area contributed by atoms with E-state index in [1.165, 1.54) is 5.56 Å². The summed E-state index contributed by atoms with van der Waals surface area (Å²) in [5.74, 6) is 0.641. The molecule has 0 fully saturated rings. The smallest absolute Gasteiger partial charge is 0.323 e. The minimum atomic E-state index is -0.326. The predicted octanol–water partition coefficient (Wildman–Crippen LogP) is 5.35. The van der Waals surface area contributed by atoms with Crippen LogP contribution in [0, 0.1) is 6.92 Å². The van der Waals surface area contributed by atoms with Crippen molar-refractivity contribution in [2.24, 2.45) is 0 Å². The minimum Gasteiger partial charge on any atom is -0.492 e. The van der Waals surface area contributed by atoms with Gasteiger partial charge in [0.15, 0.2) is 0 Å². The van der Waals surface area contributed by atoms with Crippen molar-refractivity contribution in [3.8, 4) is 17.0 Å². The molecule has 29 heavy (non-hydrogen) atoms. The third-order valence-corrected chi connectivity index (χ3v) is 4.49. The van der Waals surface area contributed by atoms with Crippen LogP contribution in [0.2, 0.25) is 0 Å². The Balaban J connectivity index is 1.46. The Morgan fingerprint density at radius 2 is 1.86 bits per heavy atom. The summed E-state index contributed by atoms with van der Waals surface area (Å²) in [6.07, 6.45) is 4.00. The molecule has 0 aliphatic heterocycles. The number of amides is 2. The maximum absolute atomic E-state index is 12.3. The van der Waals surface area contributed by atoms with Gasteiger partial charge in [-0.05, 0) is 55.8 Å². The number of urea groups is 1. The molecule has 2 N–H and O–H groups in total. The molecule has 0 spiro atoms. The van der Waals surface area contributed by atoms with Crippen LogP contribution in [0.5, 0.6) is 5.75 Å². The van der Waals surface area contributed by atoms with Gasteiger partial charge in [0.1, 0.15) is 11.4 Å². The molecule has 146 valence electrons. The van der Waals surface area contributed by atoms with Crippen molar-refractivity contribution < 1.29 is 9.53 Å². The molecule has 2 heterocycles. The Bertz CT molecular complexity index is 1150. The summed E-state index contributed by atoms with van der Waals surface area (Å²) in [6.45, 7) is 4.49. The number of ether oxygens (including phenoxy) is 1. The second kappa shape index (κ2) is 8.06. The van der Waals surface area contributed by atoms with Gasteiger partial charge in [-0.3, -0.25) is 0 Å². The van der Waals surface area contributed by atoms with Crippen molar-refractivity contribution in [1.29, 1.82) is 0 Å². The monoisotopic (exact) mass is 386 g/mol. The highest BCUT2D eigenvalue weighted by atomic mass is 16.5. The summed E-state index contributed by atoms with van der Waals surface area (Å²) in [5, 5.41) is 5.66. The Hall–Kier alpha value is -3.80. The summed E-state index contributed by atoms with van der Waals surface area (Å²) in [6, 6.07) is 18.7. The Morgan fingerprint density at radius 3 is 2.66 bits per heavy atom. The molecule has 6 heteroatoms. The number of para-hydroxylation sites is 2. The standard InChI is InChI=1S/C23H22N4O2/c1-3-29-21-7-5-4-6-19(21)26-23(28)24-18-10-8-17(9-11-18)20-15-27-13-12-16(2)14-22(27)25-20/h4-15H,3H2,1-2H3,(H2,24,26,28). The molecular formula is C23H22N4O2. The highest BCUT2D eigenvalue weighted by molar-refractivity contribution is 6.00. The molecule has 2 aromatic carbocycles. The number of hydrogen-bond donors (Lipinski definition) is 2. The van der Waals surface area contributed by atoms with E-state index < -0.39 is 0 Å². The predicted molar refractivity (Wildman–Crippen MR) is 116 cm³/mol. The normalized spacial score (nSPS) is 10.7. The second-order valence-corrected chi connectivity index (χ2v) is 6.68. The fraction of sp³-hybridized carbons (Fsp3) is 0.130. The summed E-state index contributed by atoms with van der Waals surface area (Å²) in [4.78, 5) is 17.0. The van der Waals surface area contributed by atoms with E-state index in [0.717, 1.165) is 16.9 Å². The van der Waals surface area contributed by atoms with Crippen molar-refractivity contribution in [1.82, 2.24) is 9.38 Å². The van der Waals surface area contributed by atoms with E-state index in [-0.39, 0.29) is 6.03 Å². The quantitative estimate of drug-likeness (QED) is 0.486. The maximum atomic E-state index is 12.3. The van der Waals surface area contributed by atoms with Gasteiger partial charge in [0.2, 0.25) is 0 Å². The molecule has 0 aliphatic carbocycles. The first-order chi connectivity index (χ1) is 14.1. The van der Waals surface area contributed by atoms with Gasteiger partial charge in [0.25, 0.3) is 0 Å². The SMILES string of the molecule is CCOc1ccccc1NC(=O)Nc1ccc(-c2cn3ccc(C)cc3n2)cc1. The fourth-order valence-corrected chi connectivity index (χ4v) is 3.08. The van der Waals surface area contributed by atoms with Crippen molar-refractivity contribution in [3.63, 3.8) is 0 Å². The van der Waals surface area contributed by atoms with E-state index in [1.54, 1.807) is 6.07 Å². The molecule has 0 bridgehead atoms. The van der Waals surface area contributed by atoms with Crippen LogP contribution < -0.4 is 15.4 Å². The van der Waals surface area contributed by atoms with Gasteiger partial charge >= 0.3 is 6.03 Å². The molecular weight excluding hydrogens is 364 g/mol. The lowest BCUT2D eigenvalue weighted by Crippen LogP contribution is -2.19. The number of aryl methyl sites for hydroxylation is 1. The molecule has 4 rings (SSSR count). The number of carbonyl (C=O) groups excluding carboxylic acids is 1. The lowest BCUT2D eigenvalue weighted by atomic mass is 10.1. The van der Waals surface area contributed by atoms with Gasteiger partial charge in [-0.15, -0.1) is 0 Å². The van der Waals surface area contributed by atoms with Crippen molar-refractivity contribution >= 4 is 23.1 Å². The maximum Gasteiger partial charge on any atom is 0.323 e. The van der Waals surface area contributed by atoms with E-state index in [9.17, 15) is 4.79 Å². The highest BCUT2D eigenvalue weighted by Gasteiger charge is 2.09. The van der Waals surface area contributed by atoms with Gasteiger partial charge in [0, 0.05) is 23.6 Å². The molecule has 0 saturated heterocycles. The zero-order valence-corrected chi connectivity index (χ0v) is 16.3. The lowest BCUT2D eigenvalue weighted by molar-refractivity contribution is 0.262. The average molecular weight is 386 g/mol. The first-order valence-corrected chi connectivity index (χ1v) is 9.48. The fourth-order valence-electron chi connectivity index (χ4n) is 3.08. The van der Waals surface area contributed by atoms with E-state index in [4.69, 9.17) is 4.74 Å². The number of nitrogens with one attached hydrogen (secondary N) is 2. The summed E-state index contributed by atoms with van der Waals surface area (Å²) < 4.78 is 7.53. The van der Waals surface area contributed by atoms with Gasteiger partial charge in [-0.1, -0.05) is 24.3 Å². The third-order valence-electron chi connectivity index (χ3n) is 4.49. The number of hydrogen-bond acceptors (Lipinski definition) is 3. The first kappa shape index (κ1) is 18.6. The molecule has 2 amide bonds. The number of carbonyl (C=O) groups is 1. The second-order valence-electron chi connectivity index (χ2n) is 6.68. The molecule has 0 atom stereocenters. The summed E-state index contributed by atoms with van der Waals surface area (Å²) in [5.41, 5.74) is 5.28. The van der Waals surface area contributed by atoms with Crippen LogP contribution in [0.4, 0.5) is 16.2 Å². The number of pyridine rings is 1. The largest absolute Gasteiger partial charge is 0.492 e. The molecule has 0 radical (unpaired) electrons. The topological polar surface area (TPSA) is 67.7 Å². The molecule has 2 aromatic heterocycles. The van der Waals surface area contributed by atoms with Gasteiger partial charge in [-0.2, -0.15) is 0 Å². The first-order valence-electron chi connectivity index (χ1n) is 9.48. The van der Waals surface area contributed by atoms with Crippen LogP contribution in [0.1, 0.15) is 12.5 Å². The lowest BCUT2D eigenvalue weighted by Gasteiger charge is -2.12. The minimum absolute atomic E-state index is 0.326. The van der Waals surface area contributed by atoms with Crippen LogP contribution in [-0.2, 0) is 0 Å². The van der Waals surface area contributed by atoms with Crippen molar-refractivity contribution in [2.75, 3.05) is 17.2 Å². The Kier molecular flexibility index (Phi) is 5.16. The van der Waals surface area contributed by atoms with Gasteiger partial charge in [-0.25, -0.2) is 9.78 Å². The van der Waals surface area contributed by atoms with Gasteiger partial charge < -0.3 is 19.8 Å². The molecule has 6 nitrogen and oxygen atoms in total. The van der Waals surface area contributed by atoms with Crippen LogP contribution in [0.3, 0.4) is 0 Å². The number of imidazole rings is 1. The molecule has 0 aliphatic rings. The van der Waals surface area contributed by atoms with Crippen LogP contribution in [-0.4, -0.2) is 22.0 Å². The number of nitrogens with zero attached hydrogens (tertiary/aromatic N) is 2. The van der Waals surface area contributed by atoms with Crippen LogP contribution >= 0.6 is 0 Å². The molecule has 0 saturated carbocycles. The van der Waals surface area contributed by atoms with E-state index in [1.807, 2.05) is 85.2 Å². The molecule has 0 unspecified atom stereocenters. The number of rotatable bonds is 5. The average Bonchev–Trinajstić information content (AvgIpc) is 3.13. The number of aromatic nitrogens is 2. The zero-order chi connectivity index (χ0) is 20.2. The Labute approximate surface area is 169 Å². The number of anilines is 2. The third kappa shape index (κ3) is 4.21. The van der Waals surface area contributed by atoms with Gasteiger partial charge in [0.05, 0.1) is 18.0 Å². The highest BCUT2D eigenvalue weighted by Crippen LogP contribution is 2.25. The number of fused-ring (bicyclic) bond motifs is 1. The van der Waals surface area contributed by atoms with Crippen molar-refractivity contribution in [2.45, 2.75) is 13.8 Å².